The van der Waals surface area contributed by atoms with Gasteiger partial charge in [0.2, 0.25) is 5.88 Å². The molecule has 0 saturated carbocycles. The predicted molar refractivity (Wildman–Crippen MR) is 82.1 cm³/mol. The molecule has 106 valence electrons. The normalized spacial score (nSPS) is 10.3. The number of nitrogens with zero attached hydrogens (tertiary/aromatic N) is 1. The third-order valence-corrected chi connectivity index (χ3v) is 3.20. The van der Waals surface area contributed by atoms with E-state index in [9.17, 15) is 0 Å². The summed E-state index contributed by atoms with van der Waals surface area (Å²) in [7, 11) is 1.63. The van der Waals surface area contributed by atoms with Crippen molar-refractivity contribution in [2.24, 2.45) is 0 Å². The van der Waals surface area contributed by atoms with Crippen LogP contribution in [0.1, 0.15) is 5.56 Å². The lowest BCUT2D eigenvalue weighted by atomic mass is 10.2. The van der Waals surface area contributed by atoms with Crippen molar-refractivity contribution >= 4 is 15.9 Å². The molecule has 4 nitrogen and oxygen atoms in total. The van der Waals surface area contributed by atoms with Gasteiger partial charge in [-0.2, -0.15) is 0 Å². The van der Waals surface area contributed by atoms with Crippen LogP contribution in [0.2, 0.25) is 0 Å². The summed E-state index contributed by atoms with van der Waals surface area (Å²) in [5.41, 5.74) is 1.04. The topological polar surface area (TPSA) is 43.4 Å². The van der Waals surface area contributed by atoms with Crippen LogP contribution in [-0.4, -0.2) is 25.2 Å². The molecule has 0 aliphatic rings. The minimum Gasteiger partial charge on any atom is -0.492 e. The van der Waals surface area contributed by atoms with Crippen molar-refractivity contribution < 1.29 is 9.47 Å². The van der Waals surface area contributed by atoms with E-state index >= 15 is 0 Å². The fourth-order valence-corrected chi connectivity index (χ4v) is 2.14. The molecule has 0 saturated heterocycles. The summed E-state index contributed by atoms with van der Waals surface area (Å²) in [6.45, 7) is 2.07. The Labute approximate surface area is 127 Å². The summed E-state index contributed by atoms with van der Waals surface area (Å²) in [6, 6.07) is 11.7. The highest BCUT2D eigenvalue weighted by Crippen LogP contribution is 2.17. The van der Waals surface area contributed by atoms with Crippen molar-refractivity contribution in [1.29, 1.82) is 0 Å². The minimum absolute atomic E-state index is 0.610. The van der Waals surface area contributed by atoms with Gasteiger partial charge < -0.3 is 14.8 Å². The number of rotatable bonds is 7. The maximum atomic E-state index is 5.64. The zero-order chi connectivity index (χ0) is 14.2. The predicted octanol–water partition coefficient (Wildman–Crippen LogP) is 3.02. The lowest BCUT2D eigenvalue weighted by Crippen LogP contribution is -2.21. The molecule has 2 aromatic rings. The molecule has 0 spiro atoms. The molecule has 5 heteroatoms. The van der Waals surface area contributed by atoms with Crippen LogP contribution in [0.25, 0.3) is 0 Å². The van der Waals surface area contributed by atoms with Crippen molar-refractivity contribution in [1.82, 2.24) is 10.3 Å². The minimum atomic E-state index is 0.610. The van der Waals surface area contributed by atoms with Gasteiger partial charge in [-0.15, -0.1) is 0 Å². The zero-order valence-electron chi connectivity index (χ0n) is 11.3. The number of hydrogen-bond donors (Lipinski definition) is 1. The van der Waals surface area contributed by atoms with E-state index in [2.05, 4.69) is 26.2 Å². The quantitative estimate of drug-likeness (QED) is 0.789. The molecular formula is C15H17BrN2O2. The maximum absolute atomic E-state index is 5.64. The Morgan fingerprint density at radius 2 is 2.15 bits per heavy atom. The molecule has 1 heterocycles. The van der Waals surface area contributed by atoms with Crippen molar-refractivity contribution in [2.75, 3.05) is 20.3 Å². The molecule has 0 unspecified atom stereocenters. The highest BCUT2D eigenvalue weighted by atomic mass is 79.9. The summed E-state index contributed by atoms with van der Waals surface area (Å²) >= 11 is 3.41. The Kier molecular flexibility index (Phi) is 5.83. The van der Waals surface area contributed by atoms with Crippen LogP contribution in [0.3, 0.4) is 0 Å². The summed E-state index contributed by atoms with van der Waals surface area (Å²) < 4.78 is 11.9. The maximum Gasteiger partial charge on any atom is 0.217 e. The number of benzene rings is 1. The van der Waals surface area contributed by atoms with Gasteiger partial charge in [-0.3, -0.25) is 0 Å². The van der Waals surface area contributed by atoms with Gasteiger partial charge in [0, 0.05) is 29.3 Å². The number of nitrogens with one attached hydrogen (secondary N) is 1. The van der Waals surface area contributed by atoms with Gasteiger partial charge in [-0.25, -0.2) is 4.98 Å². The van der Waals surface area contributed by atoms with Crippen LogP contribution < -0.4 is 14.8 Å². The van der Waals surface area contributed by atoms with Crippen LogP contribution in [0, 0.1) is 0 Å². The first-order valence-corrected chi connectivity index (χ1v) is 7.16. The fraction of sp³-hybridized carbons (Fsp3) is 0.267. The van der Waals surface area contributed by atoms with Crippen LogP contribution in [0.5, 0.6) is 11.6 Å². The molecule has 0 radical (unpaired) electrons. The van der Waals surface area contributed by atoms with E-state index in [0.29, 0.717) is 19.0 Å². The molecular weight excluding hydrogens is 320 g/mol. The van der Waals surface area contributed by atoms with E-state index in [1.807, 2.05) is 36.4 Å². The number of ether oxygens (including phenoxy) is 2. The van der Waals surface area contributed by atoms with Gasteiger partial charge >= 0.3 is 0 Å². The van der Waals surface area contributed by atoms with Crippen molar-refractivity contribution in [3.05, 3.63) is 52.6 Å². The van der Waals surface area contributed by atoms with E-state index in [4.69, 9.17) is 9.47 Å². The molecule has 1 aromatic heterocycles. The lowest BCUT2D eigenvalue weighted by Gasteiger charge is -2.09. The SMILES string of the molecule is COc1ncccc1CNCCOc1cccc(Br)c1. The van der Waals surface area contributed by atoms with Crippen LogP contribution in [-0.2, 0) is 6.54 Å². The van der Waals surface area contributed by atoms with Gasteiger partial charge in [0.25, 0.3) is 0 Å². The van der Waals surface area contributed by atoms with Gasteiger partial charge in [0.15, 0.2) is 0 Å². The Morgan fingerprint density at radius 1 is 1.25 bits per heavy atom. The lowest BCUT2D eigenvalue weighted by molar-refractivity contribution is 0.312. The molecule has 1 N–H and O–H groups in total. The zero-order valence-corrected chi connectivity index (χ0v) is 12.9. The van der Waals surface area contributed by atoms with Gasteiger partial charge in [0.1, 0.15) is 12.4 Å². The Morgan fingerprint density at radius 3 is 2.95 bits per heavy atom. The first-order chi connectivity index (χ1) is 9.79. The van der Waals surface area contributed by atoms with Gasteiger partial charge in [-0.1, -0.05) is 28.1 Å². The highest BCUT2D eigenvalue weighted by molar-refractivity contribution is 9.10. The first-order valence-electron chi connectivity index (χ1n) is 6.36. The van der Waals surface area contributed by atoms with Crippen molar-refractivity contribution in [3.63, 3.8) is 0 Å². The largest absolute Gasteiger partial charge is 0.492 e. The third-order valence-electron chi connectivity index (χ3n) is 2.70. The molecule has 0 fully saturated rings. The smallest absolute Gasteiger partial charge is 0.217 e. The molecule has 0 aliphatic carbocycles. The number of hydrogen-bond acceptors (Lipinski definition) is 4. The van der Waals surface area contributed by atoms with Gasteiger partial charge in [0.05, 0.1) is 7.11 Å². The third kappa shape index (κ3) is 4.51. The van der Waals surface area contributed by atoms with E-state index in [0.717, 1.165) is 22.3 Å². The van der Waals surface area contributed by atoms with E-state index in [1.165, 1.54) is 0 Å². The monoisotopic (exact) mass is 336 g/mol. The van der Waals surface area contributed by atoms with Crippen LogP contribution in [0.15, 0.2) is 47.1 Å². The average Bonchev–Trinajstić information content (AvgIpc) is 2.47. The van der Waals surface area contributed by atoms with Crippen LogP contribution in [0.4, 0.5) is 0 Å². The second-order valence-electron chi connectivity index (χ2n) is 4.15. The number of methoxy groups -OCH3 is 1. The number of pyridine rings is 1. The van der Waals surface area contributed by atoms with E-state index in [-0.39, 0.29) is 0 Å². The second kappa shape index (κ2) is 7.87. The summed E-state index contributed by atoms with van der Waals surface area (Å²) in [5, 5.41) is 3.30. The molecule has 0 bridgehead atoms. The molecule has 0 atom stereocenters. The Hall–Kier alpha value is -1.59. The van der Waals surface area contributed by atoms with Crippen molar-refractivity contribution in [3.8, 4) is 11.6 Å². The molecule has 2 rings (SSSR count). The van der Waals surface area contributed by atoms with Crippen LogP contribution >= 0.6 is 15.9 Å². The highest BCUT2D eigenvalue weighted by Gasteiger charge is 2.02. The van der Waals surface area contributed by atoms with Crippen molar-refractivity contribution in [2.45, 2.75) is 6.54 Å². The summed E-state index contributed by atoms with van der Waals surface area (Å²) in [5.74, 6) is 1.52. The fourth-order valence-electron chi connectivity index (χ4n) is 1.76. The molecule has 1 aromatic carbocycles. The first kappa shape index (κ1) is 14.8. The number of aromatic nitrogens is 1. The Bertz CT molecular complexity index is 549. The summed E-state index contributed by atoms with van der Waals surface area (Å²) in [4.78, 5) is 4.15. The molecule has 0 aliphatic heterocycles. The number of halogens is 1. The molecule has 20 heavy (non-hydrogen) atoms. The van der Waals surface area contributed by atoms with E-state index < -0.39 is 0 Å². The summed E-state index contributed by atoms with van der Waals surface area (Å²) in [6.07, 6.45) is 1.72. The standard InChI is InChI=1S/C15H17BrN2O2/c1-19-15-12(4-3-7-18-15)11-17-8-9-20-14-6-2-5-13(16)10-14/h2-7,10,17H,8-9,11H2,1H3. The van der Waals surface area contributed by atoms with Gasteiger partial charge in [-0.05, 0) is 24.3 Å². The molecule has 0 amide bonds. The second-order valence-corrected chi connectivity index (χ2v) is 5.07. The van der Waals surface area contributed by atoms with E-state index in [1.54, 1.807) is 13.3 Å². The average molecular weight is 337 g/mol. The Balaban J connectivity index is 1.71.